The van der Waals surface area contributed by atoms with Gasteiger partial charge >= 0.3 is 0 Å². The smallest absolute Gasteiger partial charge is 0.267 e. The lowest BCUT2D eigenvalue weighted by Crippen LogP contribution is -2.21. The summed E-state index contributed by atoms with van der Waals surface area (Å²) in [6.45, 7) is 4.09. The normalized spacial score (nSPS) is 14.6. The Hall–Kier alpha value is -1.72. The molecule has 2 heterocycles. The highest BCUT2D eigenvalue weighted by atomic mass is 32.1. The number of aromatic amines is 1. The van der Waals surface area contributed by atoms with Crippen molar-refractivity contribution in [2.45, 2.75) is 46.0 Å². The zero-order chi connectivity index (χ0) is 16.8. The molecule has 3 aromatic rings. The molecular formula is C19H20N2OS2. The van der Waals surface area contributed by atoms with Gasteiger partial charge < -0.3 is 4.98 Å². The Morgan fingerprint density at radius 1 is 1.17 bits per heavy atom. The minimum absolute atomic E-state index is 0.0279. The summed E-state index contributed by atoms with van der Waals surface area (Å²) in [5, 5.41) is 0.852. The van der Waals surface area contributed by atoms with Gasteiger partial charge in [-0.15, -0.1) is 11.3 Å². The van der Waals surface area contributed by atoms with E-state index < -0.39 is 0 Å². The van der Waals surface area contributed by atoms with Gasteiger partial charge in [-0.05, 0) is 68.9 Å². The van der Waals surface area contributed by atoms with Crippen molar-refractivity contribution in [3.63, 3.8) is 0 Å². The van der Waals surface area contributed by atoms with Crippen molar-refractivity contribution in [2.24, 2.45) is 0 Å². The van der Waals surface area contributed by atoms with E-state index in [0.29, 0.717) is 4.77 Å². The van der Waals surface area contributed by atoms with Gasteiger partial charge in [-0.1, -0.05) is 24.1 Å². The van der Waals surface area contributed by atoms with Crippen molar-refractivity contribution in [3.05, 3.63) is 54.9 Å². The summed E-state index contributed by atoms with van der Waals surface area (Å²) >= 11 is 7.24. The SMILES string of the molecule is Cc1ccc(-n2c(=S)[nH]c3sc4c(c3c2=O)CCCCC4)c(C)c1. The van der Waals surface area contributed by atoms with Crippen LogP contribution in [-0.2, 0) is 12.8 Å². The van der Waals surface area contributed by atoms with Crippen molar-refractivity contribution in [2.75, 3.05) is 0 Å². The maximum absolute atomic E-state index is 13.3. The quantitative estimate of drug-likeness (QED) is 0.492. The lowest BCUT2D eigenvalue weighted by atomic mass is 10.1. The van der Waals surface area contributed by atoms with Crippen LogP contribution in [-0.4, -0.2) is 9.55 Å². The number of H-pyrrole nitrogens is 1. The summed E-state index contributed by atoms with van der Waals surface area (Å²) in [7, 11) is 0. The van der Waals surface area contributed by atoms with Crippen LogP contribution in [0, 0.1) is 18.6 Å². The van der Waals surface area contributed by atoms with E-state index in [1.54, 1.807) is 15.9 Å². The molecule has 5 heteroatoms. The largest absolute Gasteiger partial charge is 0.323 e. The standard InChI is InChI=1S/C19H20N2OS2/c1-11-8-9-14(12(2)10-11)21-18(22)16-13-6-4-3-5-7-15(13)24-17(16)20-19(21)23/h8-10H,3-7H2,1-2H3,(H,20,23). The first-order valence-electron chi connectivity index (χ1n) is 8.43. The Bertz CT molecular complexity index is 1060. The fourth-order valence-electron chi connectivity index (χ4n) is 3.69. The average Bonchev–Trinajstić information content (AvgIpc) is 2.71. The van der Waals surface area contributed by atoms with Crippen LogP contribution in [0.1, 0.15) is 40.8 Å². The van der Waals surface area contributed by atoms with Crippen LogP contribution in [0.2, 0.25) is 0 Å². The van der Waals surface area contributed by atoms with Gasteiger partial charge in [-0.25, -0.2) is 0 Å². The van der Waals surface area contributed by atoms with E-state index >= 15 is 0 Å². The molecule has 1 aliphatic carbocycles. The summed E-state index contributed by atoms with van der Waals surface area (Å²) in [4.78, 5) is 18.9. The molecule has 0 saturated carbocycles. The Labute approximate surface area is 150 Å². The molecule has 0 saturated heterocycles. The number of nitrogens with one attached hydrogen (secondary N) is 1. The van der Waals surface area contributed by atoms with E-state index in [0.717, 1.165) is 40.7 Å². The summed E-state index contributed by atoms with van der Waals surface area (Å²) in [5.41, 5.74) is 4.41. The number of hydrogen-bond donors (Lipinski definition) is 1. The second kappa shape index (κ2) is 5.97. The molecule has 0 amide bonds. The fourth-order valence-corrected chi connectivity index (χ4v) is 5.32. The van der Waals surface area contributed by atoms with Gasteiger partial charge in [-0.2, -0.15) is 0 Å². The molecule has 4 rings (SSSR count). The molecule has 124 valence electrons. The Kier molecular flexibility index (Phi) is 3.93. The van der Waals surface area contributed by atoms with E-state index in [9.17, 15) is 4.79 Å². The third kappa shape index (κ3) is 2.47. The molecular weight excluding hydrogens is 336 g/mol. The first-order chi connectivity index (χ1) is 11.6. The van der Waals surface area contributed by atoms with Crippen LogP contribution in [0.3, 0.4) is 0 Å². The van der Waals surface area contributed by atoms with Crippen molar-refractivity contribution in [1.29, 1.82) is 0 Å². The predicted octanol–water partition coefficient (Wildman–Crippen LogP) is 5.00. The minimum Gasteiger partial charge on any atom is -0.323 e. The monoisotopic (exact) mass is 356 g/mol. The Morgan fingerprint density at radius 3 is 2.75 bits per heavy atom. The lowest BCUT2D eigenvalue weighted by molar-refractivity contribution is 0.713. The fraction of sp³-hybridized carbons (Fsp3) is 0.368. The van der Waals surface area contributed by atoms with Gasteiger partial charge in [0.25, 0.3) is 5.56 Å². The second-order valence-corrected chi connectivity index (χ2v) is 8.12. The third-order valence-corrected chi connectivity index (χ3v) is 6.35. The Balaban J connectivity index is 2.05. The van der Waals surface area contributed by atoms with Gasteiger partial charge in [-0.3, -0.25) is 9.36 Å². The van der Waals surface area contributed by atoms with Gasteiger partial charge in [0.05, 0.1) is 11.1 Å². The number of nitrogens with zero attached hydrogens (tertiary/aromatic N) is 1. The molecule has 2 aromatic heterocycles. The van der Waals surface area contributed by atoms with Gasteiger partial charge in [0, 0.05) is 4.88 Å². The molecule has 0 radical (unpaired) electrons. The highest BCUT2D eigenvalue weighted by molar-refractivity contribution is 7.71. The van der Waals surface area contributed by atoms with E-state index in [1.807, 2.05) is 19.1 Å². The van der Waals surface area contributed by atoms with Crippen LogP contribution in [0.5, 0.6) is 0 Å². The van der Waals surface area contributed by atoms with E-state index in [1.165, 1.54) is 28.8 Å². The van der Waals surface area contributed by atoms with Gasteiger partial charge in [0.1, 0.15) is 4.83 Å². The summed E-state index contributed by atoms with van der Waals surface area (Å²) in [5.74, 6) is 0. The topological polar surface area (TPSA) is 37.8 Å². The molecule has 0 bridgehead atoms. The molecule has 1 N–H and O–H groups in total. The predicted molar refractivity (Wildman–Crippen MR) is 103 cm³/mol. The second-order valence-electron chi connectivity index (χ2n) is 6.63. The molecule has 0 spiro atoms. The summed E-state index contributed by atoms with van der Waals surface area (Å²) in [6.07, 6.45) is 5.71. The zero-order valence-corrected chi connectivity index (χ0v) is 15.6. The molecule has 0 fully saturated rings. The van der Waals surface area contributed by atoms with E-state index in [2.05, 4.69) is 18.0 Å². The molecule has 3 nitrogen and oxygen atoms in total. The highest BCUT2D eigenvalue weighted by Crippen LogP contribution is 2.33. The lowest BCUT2D eigenvalue weighted by Gasteiger charge is -2.11. The summed E-state index contributed by atoms with van der Waals surface area (Å²) in [6, 6.07) is 6.11. The average molecular weight is 357 g/mol. The van der Waals surface area contributed by atoms with Crippen LogP contribution in [0.25, 0.3) is 15.9 Å². The number of benzene rings is 1. The number of thiophene rings is 1. The van der Waals surface area contributed by atoms with E-state index in [4.69, 9.17) is 12.2 Å². The van der Waals surface area contributed by atoms with Crippen molar-refractivity contribution in [1.82, 2.24) is 9.55 Å². The van der Waals surface area contributed by atoms with Crippen molar-refractivity contribution < 1.29 is 0 Å². The molecule has 1 aliphatic rings. The molecule has 24 heavy (non-hydrogen) atoms. The number of hydrogen-bond acceptors (Lipinski definition) is 3. The Morgan fingerprint density at radius 2 is 1.96 bits per heavy atom. The third-order valence-electron chi connectivity index (χ3n) is 4.86. The van der Waals surface area contributed by atoms with Crippen molar-refractivity contribution >= 4 is 33.8 Å². The number of fused-ring (bicyclic) bond motifs is 3. The number of aromatic nitrogens is 2. The maximum atomic E-state index is 13.3. The van der Waals surface area contributed by atoms with Gasteiger partial charge in [0.2, 0.25) is 0 Å². The van der Waals surface area contributed by atoms with Crippen LogP contribution < -0.4 is 5.56 Å². The molecule has 0 unspecified atom stereocenters. The molecule has 0 atom stereocenters. The van der Waals surface area contributed by atoms with Crippen molar-refractivity contribution in [3.8, 4) is 5.69 Å². The first-order valence-corrected chi connectivity index (χ1v) is 9.66. The maximum Gasteiger partial charge on any atom is 0.267 e. The number of rotatable bonds is 1. The zero-order valence-electron chi connectivity index (χ0n) is 13.9. The van der Waals surface area contributed by atoms with Gasteiger partial charge in [0.15, 0.2) is 4.77 Å². The van der Waals surface area contributed by atoms with Crippen LogP contribution in [0.4, 0.5) is 0 Å². The van der Waals surface area contributed by atoms with Crippen LogP contribution >= 0.6 is 23.6 Å². The highest BCUT2D eigenvalue weighted by Gasteiger charge is 2.20. The molecule has 0 aliphatic heterocycles. The molecule has 1 aromatic carbocycles. The van der Waals surface area contributed by atoms with Crippen LogP contribution in [0.15, 0.2) is 23.0 Å². The number of aryl methyl sites for hydroxylation is 4. The summed E-state index contributed by atoms with van der Waals surface area (Å²) < 4.78 is 2.15. The first kappa shape index (κ1) is 15.8. The van der Waals surface area contributed by atoms with E-state index in [-0.39, 0.29) is 5.56 Å². The minimum atomic E-state index is 0.0279.